The third kappa shape index (κ3) is 5.97. The van der Waals surface area contributed by atoms with Crippen LogP contribution in [-0.4, -0.2) is 51.3 Å². The van der Waals surface area contributed by atoms with E-state index in [9.17, 15) is 22.4 Å². The third-order valence-corrected chi connectivity index (χ3v) is 5.73. The number of hydrogen-bond acceptors (Lipinski definition) is 5. The predicted octanol–water partition coefficient (Wildman–Crippen LogP) is 2.21. The number of hydrogen-bond donors (Lipinski definition) is 0. The summed E-state index contributed by atoms with van der Waals surface area (Å²) in [6, 6.07) is 13.0. The number of amides is 1. The first-order valence-electron chi connectivity index (χ1n) is 8.59. The summed E-state index contributed by atoms with van der Waals surface area (Å²) >= 11 is 0. The quantitative estimate of drug-likeness (QED) is 0.459. The number of benzene rings is 2. The Balaban J connectivity index is 1.96. The van der Waals surface area contributed by atoms with Crippen molar-refractivity contribution in [2.24, 2.45) is 0 Å². The maximum Gasteiger partial charge on any atom is 0.321 e. The number of ether oxygens (including phenoxy) is 1. The van der Waals surface area contributed by atoms with Crippen LogP contribution < -0.4 is 4.90 Å². The molecule has 2 rings (SSSR count). The van der Waals surface area contributed by atoms with Crippen molar-refractivity contribution in [2.75, 3.05) is 31.6 Å². The van der Waals surface area contributed by atoms with Crippen LogP contribution in [0.1, 0.15) is 0 Å². The van der Waals surface area contributed by atoms with Crippen molar-refractivity contribution in [3.63, 3.8) is 0 Å². The van der Waals surface area contributed by atoms with Crippen molar-refractivity contribution in [2.45, 2.75) is 4.90 Å². The molecule has 0 saturated carbocycles. The largest absolute Gasteiger partial charge is 0.455 e. The molecule has 0 spiro atoms. The molecule has 0 radical (unpaired) electrons. The number of para-hydroxylation sites is 1. The number of esters is 1. The molecular formula is C20H21FN2O5S. The highest BCUT2D eigenvalue weighted by Gasteiger charge is 2.24. The van der Waals surface area contributed by atoms with Gasteiger partial charge in [0, 0.05) is 19.3 Å². The summed E-state index contributed by atoms with van der Waals surface area (Å²) < 4.78 is 43.5. The minimum absolute atomic E-state index is 0.161. The lowest BCUT2D eigenvalue weighted by Crippen LogP contribution is -2.37. The van der Waals surface area contributed by atoms with Gasteiger partial charge in [-0.25, -0.2) is 12.8 Å². The van der Waals surface area contributed by atoms with Gasteiger partial charge in [-0.05, 0) is 36.4 Å². The Morgan fingerprint density at radius 3 is 2.31 bits per heavy atom. The molecule has 2 aromatic carbocycles. The first-order valence-corrected chi connectivity index (χ1v) is 10.0. The van der Waals surface area contributed by atoms with Crippen LogP contribution in [0.2, 0.25) is 0 Å². The molecule has 29 heavy (non-hydrogen) atoms. The molecule has 1 amide bonds. The zero-order chi connectivity index (χ0) is 21.4. The topological polar surface area (TPSA) is 84.0 Å². The van der Waals surface area contributed by atoms with Crippen LogP contribution in [0.5, 0.6) is 0 Å². The molecule has 0 heterocycles. The molecule has 0 aliphatic carbocycles. The van der Waals surface area contributed by atoms with Gasteiger partial charge in [0.15, 0.2) is 6.61 Å². The normalized spacial score (nSPS) is 11.1. The average Bonchev–Trinajstić information content (AvgIpc) is 2.71. The number of rotatable bonds is 9. The van der Waals surface area contributed by atoms with Crippen LogP contribution in [0.15, 0.2) is 72.1 Å². The zero-order valence-electron chi connectivity index (χ0n) is 15.8. The van der Waals surface area contributed by atoms with Crippen molar-refractivity contribution in [1.82, 2.24) is 4.31 Å². The van der Waals surface area contributed by atoms with Crippen LogP contribution >= 0.6 is 0 Å². The lowest BCUT2D eigenvalue weighted by Gasteiger charge is -2.21. The fraction of sp³-hybridized carbons (Fsp3) is 0.200. The smallest absolute Gasteiger partial charge is 0.321 e. The first-order chi connectivity index (χ1) is 13.8. The van der Waals surface area contributed by atoms with E-state index in [-0.39, 0.29) is 11.4 Å². The Labute approximate surface area is 169 Å². The number of nitrogens with zero attached hydrogens (tertiary/aromatic N) is 2. The second-order valence-corrected chi connectivity index (χ2v) is 8.05. The number of carbonyl (C=O) groups excluding carboxylic acids is 2. The van der Waals surface area contributed by atoms with Crippen LogP contribution in [0.4, 0.5) is 10.1 Å². The number of sulfonamides is 1. The minimum Gasteiger partial charge on any atom is -0.455 e. The summed E-state index contributed by atoms with van der Waals surface area (Å²) in [6.07, 6.45) is 1.54. The number of likely N-dealkylation sites (N-methyl/N-ethyl adjacent to an activating group) is 1. The highest BCUT2D eigenvalue weighted by molar-refractivity contribution is 7.89. The summed E-state index contributed by atoms with van der Waals surface area (Å²) in [5, 5.41) is 0. The summed E-state index contributed by atoms with van der Waals surface area (Å²) in [5.41, 5.74) is 0.615. The van der Waals surface area contributed by atoms with Gasteiger partial charge in [0.1, 0.15) is 12.4 Å². The molecule has 7 nitrogen and oxygen atoms in total. The van der Waals surface area contributed by atoms with Crippen molar-refractivity contribution in [3.05, 3.63) is 73.1 Å². The van der Waals surface area contributed by atoms with Crippen LogP contribution in [0, 0.1) is 5.82 Å². The number of carbonyl (C=O) groups is 2. The lowest BCUT2D eigenvalue weighted by molar-refractivity contribution is -0.147. The molecule has 0 fully saturated rings. The molecule has 0 saturated heterocycles. The van der Waals surface area contributed by atoms with E-state index in [0.717, 1.165) is 28.6 Å². The van der Waals surface area contributed by atoms with Crippen LogP contribution in [-0.2, 0) is 24.3 Å². The van der Waals surface area contributed by atoms with Gasteiger partial charge in [-0.2, -0.15) is 4.31 Å². The summed E-state index contributed by atoms with van der Waals surface area (Å²) in [5.74, 6) is -1.95. The standard InChI is InChI=1S/C20H21FN2O5S/c1-3-13-23(17-7-5-4-6-8-17)19(24)15-28-20(25)14-22(2)29(26,27)18-11-9-16(21)10-12-18/h3-12H,1,13-15H2,2H3. The molecule has 0 atom stereocenters. The predicted molar refractivity (Wildman–Crippen MR) is 106 cm³/mol. The minimum atomic E-state index is -4.00. The van der Waals surface area contributed by atoms with Crippen LogP contribution in [0.3, 0.4) is 0 Å². The van der Waals surface area contributed by atoms with Gasteiger partial charge in [0.2, 0.25) is 10.0 Å². The van der Waals surface area contributed by atoms with Crippen molar-refractivity contribution < 1.29 is 27.1 Å². The van der Waals surface area contributed by atoms with Crippen molar-refractivity contribution in [3.8, 4) is 0 Å². The fourth-order valence-electron chi connectivity index (χ4n) is 2.41. The molecule has 0 aromatic heterocycles. The molecule has 0 aliphatic heterocycles. The van der Waals surface area contributed by atoms with Gasteiger partial charge in [-0.15, -0.1) is 6.58 Å². The second kappa shape index (κ2) is 9.94. The molecular weight excluding hydrogens is 399 g/mol. The Bertz CT molecular complexity index is 962. The number of halogens is 1. The van der Waals surface area contributed by atoms with Crippen molar-refractivity contribution >= 4 is 27.6 Å². The van der Waals surface area contributed by atoms with Gasteiger partial charge < -0.3 is 9.64 Å². The molecule has 2 aromatic rings. The van der Waals surface area contributed by atoms with E-state index in [2.05, 4.69) is 6.58 Å². The third-order valence-electron chi connectivity index (χ3n) is 3.91. The van der Waals surface area contributed by atoms with Gasteiger partial charge in [-0.3, -0.25) is 9.59 Å². The molecule has 0 unspecified atom stereocenters. The summed E-state index contributed by atoms with van der Waals surface area (Å²) in [6.45, 7) is 2.68. The molecule has 0 N–H and O–H groups in total. The Kier molecular flexibility index (Phi) is 7.63. The van der Waals surface area contributed by atoms with E-state index >= 15 is 0 Å². The Morgan fingerprint density at radius 2 is 1.72 bits per heavy atom. The molecule has 9 heteroatoms. The zero-order valence-corrected chi connectivity index (χ0v) is 16.6. The monoisotopic (exact) mass is 420 g/mol. The molecule has 0 bridgehead atoms. The van der Waals surface area contributed by atoms with Gasteiger partial charge in [0.25, 0.3) is 5.91 Å². The lowest BCUT2D eigenvalue weighted by atomic mass is 10.3. The Hall–Kier alpha value is -3.04. The van der Waals surface area contributed by atoms with E-state index in [1.807, 2.05) is 0 Å². The first kappa shape index (κ1) is 22.3. The maximum atomic E-state index is 13.0. The molecule has 154 valence electrons. The van der Waals surface area contributed by atoms with Crippen LogP contribution in [0.25, 0.3) is 0 Å². The van der Waals surface area contributed by atoms with E-state index < -0.39 is 40.9 Å². The summed E-state index contributed by atoms with van der Waals surface area (Å²) in [7, 11) is -2.81. The highest BCUT2D eigenvalue weighted by Crippen LogP contribution is 2.15. The van der Waals surface area contributed by atoms with Gasteiger partial charge in [0.05, 0.1) is 4.90 Å². The maximum absolute atomic E-state index is 13.0. The van der Waals surface area contributed by atoms with E-state index in [4.69, 9.17) is 4.74 Å². The SMILES string of the molecule is C=CCN(C(=O)COC(=O)CN(C)S(=O)(=O)c1ccc(F)cc1)c1ccccc1. The second-order valence-electron chi connectivity index (χ2n) is 6.00. The van der Waals surface area contributed by atoms with E-state index in [1.165, 1.54) is 18.0 Å². The fourth-order valence-corrected chi connectivity index (χ4v) is 3.52. The Morgan fingerprint density at radius 1 is 1.10 bits per heavy atom. The van der Waals surface area contributed by atoms with Gasteiger partial charge in [-0.1, -0.05) is 24.3 Å². The molecule has 0 aliphatic rings. The van der Waals surface area contributed by atoms with Gasteiger partial charge >= 0.3 is 5.97 Å². The van der Waals surface area contributed by atoms with E-state index in [0.29, 0.717) is 5.69 Å². The van der Waals surface area contributed by atoms with Crippen molar-refractivity contribution in [1.29, 1.82) is 0 Å². The van der Waals surface area contributed by atoms with E-state index in [1.54, 1.807) is 30.3 Å². The number of anilines is 1. The average molecular weight is 420 g/mol. The highest BCUT2D eigenvalue weighted by atomic mass is 32.2. The summed E-state index contributed by atoms with van der Waals surface area (Å²) in [4.78, 5) is 25.7.